The van der Waals surface area contributed by atoms with Crippen LogP contribution < -0.4 is 10.6 Å². The van der Waals surface area contributed by atoms with Gasteiger partial charge in [-0.25, -0.2) is 4.79 Å². The van der Waals surface area contributed by atoms with Gasteiger partial charge in [-0.1, -0.05) is 26.0 Å². The monoisotopic (exact) mass is 286 g/mol. The molecule has 0 aromatic heterocycles. The van der Waals surface area contributed by atoms with E-state index in [0.717, 1.165) is 31.1 Å². The van der Waals surface area contributed by atoms with Gasteiger partial charge in [-0.15, -0.1) is 0 Å². The SMILES string of the molecule is CC(C)CSCCCNC(=O)N[C@@H]1C=C[C@H](CO)C1. The van der Waals surface area contributed by atoms with Crippen molar-refractivity contribution >= 4 is 17.8 Å². The second kappa shape index (κ2) is 9.26. The Morgan fingerprint density at radius 3 is 2.89 bits per heavy atom. The lowest BCUT2D eigenvalue weighted by molar-refractivity contribution is 0.231. The molecule has 1 aliphatic carbocycles. The third kappa shape index (κ3) is 7.47. The van der Waals surface area contributed by atoms with Crippen LogP contribution >= 0.6 is 11.8 Å². The van der Waals surface area contributed by atoms with Crippen molar-refractivity contribution in [3.63, 3.8) is 0 Å². The van der Waals surface area contributed by atoms with Crippen LogP contribution in [0, 0.1) is 11.8 Å². The topological polar surface area (TPSA) is 61.4 Å². The number of amides is 2. The molecule has 1 rings (SSSR count). The van der Waals surface area contributed by atoms with Gasteiger partial charge in [0.2, 0.25) is 0 Å². The summed E-state index contributed by atoms with van der Waals surface area (Å²) in [6, 6.07) is -0.0467. The number of hydrogen-bond acceptors (Lipinski definition) is 3. The first-order chi connectivity index (χ1) is 9.11. The van der Waals surface area contributed by atoms with E-state index < -0.39 is 0 Å². The van der Waals surface area contributed by atoms with Gasteiger partial charge in [0.15, 0.2) is 0 Å². The summed E-state index contributed by atoms with van der Waals surface area (Å²) in [5.41, 5.74) is 0. The van der Waals surface area contributed by atoms with Crippen molar-refractivity contribution in [1.29, 1.82) is 0 Å². The van der Waals surface area contributed by atoms with Gasteiger partial charge in [0.05, 0.1) is 0 Å². The fourth-order valence-corrected chi connectivity index (χ4v) is 2.92. The molecule has 0 unspecified atom stereocenters. The van der Waals surface area contributed by atoms with Crippen molar-refractivity contribution < 1.29 is 9.90 Å². The maximum absolute atomic E-state index is 11.6. The van der Waals surface area contributed by atoms with Crippen LogP contribution in [0.1, 0.15) is 26.7 Å². The predicted octanol–water partition coefficient (Wildman–Crippen LogP) is 2.00. The van der Waals surface area contributed by atoms with Gasteiger partial charge in [-0.05, 0) is 30.3 Å². The van der Waals surface area contributed by atoms with Crippen LogP contribution in [0.4, 0.5) is 4.79 Å². The Morgan fingerprint density at radius 1 is 1.47 bits per heavy atom. The lowest BCUT2D eigenvalue weighted by Crippen LogP contribution is -2.41. The maximum atomic E-state index is 11.6. The Bertz CT molecular complexity index is 295. The molecule has 5 heteroatoms. The lowest BCUT2D eigenvalue weighted by Gasteiger charge is -2.13. The standard InChI is InChI=1S/C14H26N2O2S/c1-11(2)10-19-7-3-6-15-14(18)16-13-5-4-12(8-13)9-17/h4-5,11-13,17H,3,6-10H2,1-2H3,(H2,15,16,18)/t12-,13+/m0/s1. The second-order valence-corrected chi connectivity index (χ2v) is 6.54. The second-order valence-electron chi connectivity index (χ2n) is 5.39. The quantitative estimate of drug-likeness (QED) is 0.472. The zero-order chi connectivity index (χ0) is 14.1. The number of hydrogen-bond donors (Lipinski definition) is 3. The summed E-state index contributed by atoms with van der Waals surface area (Å²) in [7, 11) is 0. The Balaban J connectivity index is 1.98. The average molecular weight is 286 g/mol. The number of carbonyl (C=O) groups excluding carboxylic acids is 1. The highest BCUT2D eigenvalue weighted by Crippen LogP contribution is 2.16. The molecule has 3 N–H and O–H groups in total. The molecule has 0 bridgehead atoms. The van der Waals surface area contributed by atoms with Crippen LogP contribution in [0.5, 0.6) is 0 Å². The van der Waals surface area contributed by atoms with Gasteiger partial charge in [0.1, 0.15) is 0 Å². The summed E-state index contributed by atoms with van der Waals surface area (Å²) in [5, 5.41) is 14.8. The number of carbonyl (C=O) groups is 1. The number of thioether (sulfide) groups is 1. The molecule has 2 amide bonds. The molecular formula is C14H26N2O2S. The van der Waals surface area contributed by atoms with Crippen molar-refractivity contribution in [1.82, 2.24) is 10.6 Å². The van der Waals surface area contributed by atoms with Gasteiger partial charge >= 0.3 is 6.03 Å². The lowest BCUT2D eigenvalue weighted by atomic mass is 10.1. The molecule has 0 aromatic rings. The smallest absolute Gasteiger partial charge is 0.315 e. The van der Waals surface area contributed by atoms with E-state index in [0.29, 0.717) is 0 Å². The molecule has 0 radical (unpaired) electrons. The van der Waals surface area contributed by atoms with E-state index in [4.69, 9.17) is 5.11 Å². The van der Waals surface area contributed by atoms with Gasteiger partial charge in [0.25, 0.3) is 0 Å². The number of rotatable bonds is 8. The molecule has 4 nitrogen and oxygen atoms in total. The molecular weight excluding hydrogens is 260 g/mol. The summed E-state index contributed by atoms with van der Waals surface area (Å²) in [5.74, 6) is 3.20. The first kappa shape index (κ1) is 16.4. The molecule has 0 heterocycles. The molecule has 0 spiro atoms. The highest BCUT2D eigenvalue weighted by molar-refractivity contribution is 7.99. The summed E-state index contributed by atoms with van der Waals surface area (Å²) in [6.07, 6.45) is 5.73. The van der Waals surface area contributed by atoms with E-state index in [1.54, 1.807) is 0 Å². The molecule has 0 aromatic carbocycles. The highest BCUT2D eigenvalue weighted by Gasteiger charge is 2.19. The first-order valence-corrected chi connectivity index (χ1v) is 8.18. The zero-order valence-corrected chi connectivity index (χ0v) is 12.7. The normalized spacial score (nSPS) is 21.9. The third-order valence-electron chi connectivity index (χ3n) is 2.93. The minimum absolute atomic E-state index is 0.0625. The van der Waals surface area contributed by atoms with E-state index in [9.17, 15) is 4.79 Å². The van der Waals surface area contributed by atoms with E-state index in [1.807, 2.05) is 23.9 Å². The van der Waals surface area contributed by atoms with Crippen LogP contribution in [0.2, 0.25) is 0 Å². The Hall–Kier alpha value is -0.680. The van der Waals surface area contributed by atoms with Crippen LogP contribution in [0.3, 0.4) is 0 Å². The largest absolute Gasteiger partial charge is 0.396 e. The molecule has 0 fully saturated rings. The Labute approximate surface area is 120 Å². The van der Waals surface area contributed by atoms with Crippen molar-refractivity contribution in [2.75, 3.05) is 24.7 Å². The summed E-state index contributed by atoms with van der Waals surface area (Å²) in [4.78, 5) is 11.6. The van der Waals surface area contributed by atoms with Gasteiger partial charge in [-0.3, -0.25) is 0 Å². The molecule has 19 heavy (non-hydrogen) atoms. The molecule has 1 aliphatic rings. The van der Waals surface area contributed by atoms with Crippen molar-refractivity contribution in [3.05, 3.63) is 12.2 Å². The van der Waals surface area contributed by atoms with Gasteiger partial charge < -0.3 is 15.7 Å². The van der Waals surface area contributed by atoms with E-state index in [2.05, 4.69) is 24.5 Å². The van der Waals surface area contributed by atoms with Crippen molar-refractivity contribution in [2.24, 2.45) is 11.8 Å². The minimum atomic E-state index is -0.109. The zero-order valence-electron chi connectivity index (χ0n) is 11.9. The molecule has 0 aliphatic heterocycles. The van der Waals surface area contributed by atoms with Crippen LogP contribution in [0.15, 0.2) is 12.2 Å². The summed E-state index contributed by atoms with van der Waals surface area (Å²) < 4.78 is 0. The van der Waals surface area contributed by atoms with Crippen molar-refractivity contribution in [3.8, 4) is 0 Å². The predicted molar refractivity (Wildman–Crippen MR) is 81.4 cm³/mol. The fourth-order valence-electron chi connectivity index (χ4n) is 1.93. The van der Waals surface area contributed by atoms with Crippen molar-refractivity contribution in [2.45, 2.75) is 32.7 Å². The van der Waals surface area contributed by atoms with E-state index >= 15 is 0 Å². The minimum Gasteiger partial charge on any atom is -0.396 e. The maximum Gasteiger partial charge on any atom is 0.315 e. The third-order valence-corrected chi connectivity index (χ3v) is 4.41. The summed E-state index contributed by atoms with van der Waals surface area (Å²) >= 11 is 1.94. The highest BCUT2D eigenvalue weighted by atomic mass is 32.2. The summed E-state index contributed by atoms with van der Waals surface area (Å²) in [6.45, 7) is 5.31. The van der Waals surface area contributed by atoms with E-state index in [-0.39, 0.29) is 24.6 Å². The molecule has 0 saturated carbocycles. The Kier molecular flexibility index (Phi) is 7.98. The number of nitrogens with one attached hydrogen (secondary N) is 2. The molecule has 0 saturated heterocycles. The fraction of sp³-hybridized carbons (Fsp3) is 0.786. The number of urea groups is 1. The number of aliphatic hydroxyl groups is 1. The van der Waals surface area contributed by atoms with E-state index in [1.165, 1.54) is 5.75 Å². The van der Waals surface area contributed by atoms with Crippen LogP contribution in [0.25, 0.3) is 0 Å². The van der Waals surface area contributed by atoms with Crippen LogP contribution in [-0.2, 0) is 0 Å². The molecule has 2 atom stereocenters. The van der Waals surface area contributed by atoms with Gasteiger partial charge in [0, 0.05) is 25.1 Å². The average Bonchev–Trinajstić information content (AvgIpc) is 2.81. The van der Waals surface area contributed by atoms with Crippen LogP contribution in [-0.4, -0.2) is 41.8 Å². The number of aliphatic hydroxyl groups excluding tert-OH is 1. The molecule has 110 valence electrons. The Morgan fingerprint density at radius 2 is 2.26 bits per heavy atom. The first-order valence-electron chi connectivity index (χ1n) is 7.03. The van der Waals surface area contributed by atoms with Gasteiger partial charge in [-0.2, -0.15) is 11.8 Å².